The minimum atomic E-state index is -0.970. The van der Waals surface area contributed by atoms with Crippen LogP contribution in [-0.4, -0.2) is 41.5 Å². The van der Waals surface area contributed by atoms with Crippen molar-refractivity contribution in [1.82, 2.24) is 10.2 Å². The molecule has 5 nitrogen and oxygen atoms in total. The smallest absolute Gasteiger partial charge is 0.407 e. The van der Waals surface area contributed by atoms with E-state index in [9.17, 15) is 23.5 Å². The second kappa shape index (κ2) is 11.1. The number of halogens is 4. The second-order valence-electron chi connectivity index (χ2n) is 6.43. The summed E-state index contributed by atoms with van der Waals surface area (Å²) in [5.41, 5.74) is 0.907. The van der Waals surface area contributed by atoms with Crippen LogP contribution in [0.2, 0.25) is 10.0 Å². The summed E-state index contributed by atoms with van der Waals surface area (Å²) >= 11 is 11.0. The van der Waals surface area contributed by atoms with Crippen LogP contribution in [0.1, 0.15) is 28.8 Å². The lowest BCUT2D eigenvalue weighted by atomic mass is 10.0. The normalized spacial score (nSPS) is 13.9. The van der Waals surface area contributed by atoms with Gasteiger partial charge in [-0.05, 0) is 55.8 Å². The highest BCUT2D eigenvalue weighted by Gasteiger charge is 2.25. The van der Waals surface area contributed by atoms with E-state index in [1.165, 1.54) is 29.2 Å². The van der Waals surface area contributed by atoms with Gasteiger partial charge >= 0.3 is 6.09 Å². The summed E-state index contributed by atoms with van der Waals surface area (Å²) in [7, 11) is 0. The molecule has 9 heteroatoms. The van der Waals surface area contributed by atoms with Gasteiger partial charge in [0.05, 0.1) is 10.0 Å². The lowest BCUT2D eigenvalue weighted by Crippen LogP contribution is -2.45. The molecule has 2 N–H and O–H groups in total. The predicted molar refractivity (Wildman–Crippen MR) is 108 cm³/mol. The third-order valence-corrected chi connectivity index (χ3v) is 5.02. The van der Waals surface area contributed by atoms with Gasteiger partial charge in [0.15, 0.2) is 0 Å². The topological polar surface area (TPSA) is 69.6 Å². The van der Waals surface area contributed by atoms with Crippen molar-refractivity contribution in [2.75, 3.05) is 13.1 Å². The number of carbonyl (C=O) groups excluding carboxylic acids is 1. The van der Waals surface area contributed by atoms with E-state index in [0.717, 1.165) is 32.0 Å². The number of piperidine rings is 1. The number of nitrogens with zero attached hydrogens (tertiary/aromatic N) is 1. The number of benzene rings is 2. The lowest BCUT2D eigenvalue weighted by molar-refractivity contribution is 0.109. The Kier molecular flexibility index (Phi) is 8.82. The van der Waals surface area contributed by atoms with Gasteiger partial charge in [0.1, 0.15) is 17.9 Å². The Morgan fingerprint density at radius 2 is 1.69 bits per heavy atom. The highest BCUT2D eigenvalue weighted by molar-refractivity contribution is 6.31. The molecule has 2 aromatic carbocycles. The first kappa shape index (κ1) is 23.1. The van der Waals surface area contributed by atoms with Crippen molar-refractivity contribution in [1.29, 1.82) is 0 Å². The van der Waals surface area contributed by atoms with Gasteiger partial charge in [0.2, 0.25) is 0 Å². The van der Waals surface area contributed by atoms with Gasteiger partial charge in [0, 0.05) is 18.2 Å². The Labute approximate surface area is 177 Å². The second-order valence-corrected chi connectivity index (χ2v) is 7.25. The number of hydrogen-bond donors (Lipinski definition) is 2. The van der Waals surface area contributed by atoms with Crippen LogP contribution in [0.3, 0.4) is 0 Å². The van der Waals surface area contributed by atoms with E-state index in [1.807, 2.05) is 0 Å². The van der Waals surface area contributed by atoms with E-state index in [-0.39, 0.29) is 22.6 Å². The van der Waals surface area contributed by atoms with E-state index < -0.39 is 17.7 Å². The zero-order valence-electron chi connectivity index (χ0n) is 15.4. The van der Waals surface area contributed by atoms with Gasteiger partial charge < -0.3 is 15.3 Å². The van der Waals surface area contributed by atoms with Crippen molar-refractivity contribution in [3.63, 3.8) is 0 Å². The van der Waals surface area contributed by atoms with E-state index in [2.05, 4.69) is 5.32 Å². The fraction of sp³-hybridized carbons (Fsp3) is 0.300. The summed E-state index contributed by atoms with van der Waals surface area (Å²) in [6, 6.07) is 8.28. The molecule has 1 aliphatic rings. The monoisotopic (exact) mass is 444 g/mol. The molecule has 0 spiro atoms. The largest absolute Gasteiger partial charge is 0.465 e. The molecule has 1 amide bonds. The molecule has 1 fully saturated rings. The third kappa shape index (κ3) is 6.96. The van der Waals surface area contributed by atoms with E-state index >= 15 is 0 Å². The lowest BCUT2D eigenvalue weighted by Gasteiger charge is -2.32. The van der Waals surface area contributed by atoms with Crippen LogP contribution in [0.15, 0.2) is 36.4 Å². The number of rotatable bonds is 4. The Morgan fingerprint density at radius 1 is 1.10 bits per heavy atom. The first-order valence-corrected chi connectivity index (χ1v) is 9.62. The molecule has 29 heavy (non-hydrogen) atoms. The molecule has 3 rings (SSSR count). The van der Waals surface area contributed by atoms with Crippen LogP contribution in [0.5, 0.6) is 0 Å². The molecule has 0 aliphatic carbocycles. The summed E-state index contributed by atoms with van der Waals surface area (Å²) < 4.78 is 25.8. The molecule has 0 aromatic heterocycles. The summed E-state index contributed by atoms with van der Waals surface area (Å²) in [6.07, 6.45) is 1.16. The highest BCUT2D eigenvalue weighted by atomic mass is 35.5. The Morgan fingerprint density at radius 3 is 2.21 bits per heavy atom. The molecule has 0 unspecified atom stereocenters. The maximum absolute atomic E-state index is 13.4. The number of aldehydes is 1. The fourth-order valence-electron chi connectivity index (χ4n) is 2.89. The molecule has 0 bridgehead atoms. The van der Waals surface area contributed by atoms with Crippen LogP contribution < -0.4 is 5.32 Å². The number of hydrogen-bond acceptors (Lipinski definition) is 3. The molecule has 2 aromatic rings. The molecule has 1 saturated heterocycles. The van der Waals surface area contributed by atoms with Crippen LogP contribution in [-0.2, 0) is 6.54 Å². The summed E-state index contributed by atoms with van der Waals surface area (Å²) in [6.45, 7) is 1.81. The van der Waals surface area contributed by atoms with Gasteiger partial charge in [-0.3, -0.25) is 4.79 Å². The van der Waals surface area contributed by atoms with Crippen LogP contribution in [0.25, 0.3) is 0 Å². The number of carbonyl (C=O) groups is 2. The zero-order chi connectivity index (χ0) is 21.4. The average molecular weight is 445 g/mol. The van der Waals surface area contributed by atoms with Crippen molar-refractivity contribution >= 4 is 35.6 Å². The first-order valence-electron chi connectivity index (χ1n) is 8.86. The minimum absolute atomic E-state index is 0.0162. The van der Waals surface area contributed by atoms with E-state index in [1.54, 1.807) is 6.07 Å². The third-order valence-electron chi connectivity index (χ3n) is 4.41. The zero-order valence-corrected chi connectivity index (χ0v) is 16.9. The first-order chi connectivity index (χ1) is 13.8. The molecule has 0 atom stereocenters. The number of amides is 1. The van der Waals surface area contributed by atoms with Crippen molar-refractivity contribution in [2.45, 2.75) is 25.4 Å². The molecule has 1 heterocycles. The maximum Gasteiger partial charge on any atom is 0.407 e. The number of carboxylic acid groups (broad SMARTS) is 1. The van der Waals surface area contributed by atoms with Gasteiger partial charge in [-0.2, -0.15) is 0 Å². The van der Waals surface area contributed by atoms with Crippen LogP contribution in [0.4, 0.5) is 13.6 Å². The van der Waals surface area contributed by atoms with E-state index in [4.69, 9.17) is 23.2 Å². The Hall–Kier alpha value is -2.22. The van der Waals surface area contributed by atoms with Gasteiger partial charge in [0.25, 0.3) is 0 Å². The van der Waals surface area contributed by atoms with Crippen molar-refractivity contribution in [3.05, 3.63) is 69.2 Å². The molecule has 1 aliphatic heterocycles. The Bertz CT molecular complexity index is 862. The summed E-state index contributed by atoms with van der Waals surface area (Å²) in [5.74, 6) is -1.08. The SMILES string of the molecule is O=C(O)N(Cc1ccc(Cl)c(F)c1)C1CCNCC1.O=Cc1ccc(Cl)c(F)c1. The maximum atomic E-state index is 13.4. The van der Waals surface area contributed by atoms with Crippen LogP contribution >= 0.6 is 23.2 Å². The fourth-order valence-corrected chi connectivity index (χ4v) is 3.13. The quantitative estimate of drug-likeness (QED) is 0.650. The molecule has 156 valence electrons. The summed E-state index contributed by atoms with van der Waals surface area (Å²) in [5, 5.41) is 12.6. The van der Waals surface area contributed by atoms with Crippen LogP contribution in [0, 0.1) is 11.6 Å². The van der Waals surface area contributed by atoms with E-state index in [0.29, 0.717) is 17.4 Å². The van der Waals surface area contributed by atoms with Crippen molar-refractivity contribution in [2.24, 2.45) is 0 Å². The van der Waals surface area contributed by atoms with Gasteiger partial charge in [-0.1, -0.05) is 35.3 Å². The predicted octanol–water partition coefficient (Wildman–Crippen LogP) is 5.00. The molecule has 0 saturated carbocycles. The Balaban J connectivity index is 0.000000253. The highest BCUT2D eigenvalue weighted by Crippen LogP contribution is 2.20. The number of nitrogens with one attached hydrogen (secondary N) is 1. The molecular formula is C20H20Cl2F2N2O3. The van der Waals surface area contributed by atoms with Crippen molar-refractivity contribution < 1.29 is 23.5 Å². The van der Waals surface area contributed by atoms with Crippen molar-refractivity contribution in [3.8, 4) is 0 Å². The summed E-state index contributed by atoms with van der Waals surface area (Å²) in [4.78, 5) is 22.8. The molecular weight excluding hydrogens is 425 g/mol. The van der Waals surface area contributed by atoms with Gasteiger partial charge in [-0.25, -0.2) is 13.6 Å². The molecule has 0 radical (unpaired) electrons. The standard InChI is InChI=1S/C13H16ClFN2O2.C7H4ClFO/c14-11-2-1-9(7-12(11)15)8-17(13(18)19)10-3-5-16-6-4-10;8-6-2-1-5(4-10)3-7(6)9/h1-2,7,10,16H,3-6,8H2,(H,18,19);1-4H. The average Bonchev–Trinajstić information content (AvgIpc) is 2.71. The van der Waals surface area contributed by atoms with Gasteiger partial charge in [-0.15, -0.1) is 0 Å². The minimum Gasteiger partial charge on any atom is -0.465 e.